The fourth-order valence-electron chi connectivity index (χ4n) is 3.30. The third kappa shape index (κ3) is 5.09. The first-order valence-corrected chi connectivity index (χ1v) is 11.5. The Hall–Kier alpha value is -2.10. The van der Waals surface area contributed by atoms with Crippen molar-refractivity contribution in [3.8, 4) is 5.75 Å². The summed E-state index contributed by atoms with van der Waals surface area (Å²) in [5.74, 6) is 0.563. The number of anilines is 1. The van der Waals surface area contributed by atoms with Crippen LogP contribution in [0.1, 0.15) is 6.92 Å². The van der Waals surface area contributed by atoms with Gasteiger partial charge in [0.2, 0.25) is 15.9 Å². The summed E-state index contributed by atoms with van der Waals surface area (Å²) < 4.78 is 33.7. The third-order valence-electron chi connectivity index (χ3n) is 4.84. The van der Waals surface area contributed by atoms with E-state index >= 15 is 0 Å². The Bertz CT molecular complexity index is 958. The van der Waals surface area contributed by atoms with Crippen molar-refractivity contribution >= 4 is 37.5 Å². The minimum absolute atomic E-state index is 0.126. The number of rotatable bonds is 6. The predicted octanol–water partition coefficient (Wildman–Crippen LogP) is 2.47. The maximum absolute atomic E-state index is 12.8. The highest BCUT2D eigenvalue weighted by Crippen LogP contribution is 2.28. The second kappa shape index (κ2) is 9.15. The van der Waals surface area contributed by atoms with Crippen LogP contribution in [0.2, 0.25) is 0 Å². The molecule has 1 unspecified atom stereocenters. The molecule has 1 saturated heterocycles. The van der Waals surface area contributed by atoms with Gasteiger partial charge in [-0.2, -0.15) is 4.72 Å². The molecule has 1 fully saturated rings. The number of sulfonamides is 1. The third-order valence-corrected chi connectivity index (χ3v) is 6.93. The maximum Gasteiger partial charge on any atom is 0.241 e. The highest BCUT2D eigenvalue weighted by molar-refractivity contribution is 9.10. The van der Waals surface area contributed by atoms with Gasteiger partial charge in [-0.15, -0.1) is 0 Å². The Morgan fingerprint density at radius 1 is 1.07 bits per heavy atom. The van der Waals surface area contributed by atoms with Crippen molar-refractivity contribution in [1.82, 2.24) is 9.62 Å². The van der Waals surface area contributed by atoms with E-state index in [1.165, 1.54) is 12.1 Å². The van der Waals surface area contributed by atoms with Crippen molar-refractivity contribution < 1.29 is 17.9 Å². The summed E-state index contributed by atoms with van der Waals surface area (Å²) in [5, 5.41) is 0. The maximum atomic E-state index is 12.8. The number of carbonyl (C=O) groups excluding carboxylic acids is 1. The van der Waals surface area contributed by atoms with Crippen molar-refractivity contribution in [2.24, 2.45) is 0 Å². The van der Waals surface area contributed by atoms with E-state index in [1.807, 2.05) is 24.3 Å². The molecule has 0 aliphatic carbocycles. The second-order valence-corrected chi connectivity index (χ2v) is 9.41. The molecule has 1 aliphatic rings. The molecular formula is C20H24BrN3O4S. The zero-order valence-corrected chi connectivity index (χ0v) is 18.7. The molecule has 156 valence electrons. The Morgan fingerprint density at radius 3 is 2.31 bits per heavy atom. The number of hydrogen-bond acceptors (Lipinski definition) is 5. The fourth-order valence-corrected chi connectivity index (χ4v) is 4.76. The smallest absolute Gasteiger partial charge is 0.241 e. The van der Waals surface area contributed by atoms with Crippen LogP contribution >= 0.6 is 15.9 Å². The molecule has 3 rings (SSSR count). The number of nitrogens with one attached hydrogen (secondary N) is 1. The van der Waals surface area contributed by atoms with Crippen LogP contribution in [0.25, 0.3) is 0 Å². The van der Waals surface area contributed by atoms with Crippen LogP contribution in [0.15, 0.2) is 57.9 Å². The van der Waals surface area contributed by atoms with Gasteiger partial charge >= 0.3 is 0 Å². The molecule has 1 atom stereocenters. The van der Waals surface area contributed by atoms with E-state index in [9.17, 15) is 13.2 Å². The van der Waals surface area contributed by atoms with Crippen molar-refractivity contribution in [2.45, 2.75) is 17.9 Å². The first-order valence-electron chi connectivity index (χ1n) is 9.26. The highest BCUT2D eigenvalue weighted by atomic mass is 79.9. The molecule has 1 heterocycles. The highest BCUT2D eigenvalue weighted by Gasteiger charge is 2.28. The molecule has 0 spiro atoms. The fraction of sp³-hybridized carbons (Fsp3) is 0.350. The first kappa shape index (κ1) is 21.6. The largest absolute Gasteiger partial charge is 0.495 e. The summed E-state index contributed by atoms with van der Waals surface area (Å²) in [6.07, 6.45) is 0. The van der Waals surface area contributed by atoms with Gasteiger partial charge in [0.25, 0.3) is 0 Å². The van der Waals surface area contributed by atoms with Gasteiger partial charge in [0.1, 0.15) is 5.75 Å². The van der Waals surface area contributed by atoms with Gasteiger partial charge in [-0.25, -0.2) is 8.42 Å². The zero-order chi connectivity index (χ0) is 21.0. The van der Waals surface area contributed by atoms with Crippen LogP contribution in [0.3, 0.4) is 0 Å². The molecule has 0 radical (unpaired) electrons. The summed E-state index contributed by atoms with van der Waals surface area (Å²) in [6.45, 7) is 3.91. The summed E-state index contributed by atoms with van der Waals surface area (Å²) >= 11 is 3.28. The summed E-state index contributed by atoms with van der Waals surface area (Å²) in [6, 6.07) is 13.2. The van der Waals surface area contributed by atoms with Gasteiger partial charge in [0.15, 0.2) is 0 Å². The van der Waals surface area contributed by atoms with E-state index in [0.29, 0.717) is 26.2 Å². The van der Waals surface area contributed by atoms with Gasteiger partial charge in [0, 0.05) is 30.7 Å². The zero-order valence-electron chi connectivity index (χ0n) is 16.3. The van der Waals surface area contributed by atoms with Gasteiger partial charge in [-0.05, 0) is 43.3 Å². The summed E-state index contributed by atoms with van der Waals surface area (Å²) in [5.41, 5.74) is 0.992. The average Bonchev–Trinajstić information content (AvgIpc) is 2.73. The first-order chi connectivity index (χ1) is 13.8. The van der Waals surface area contributed by atoms with Crippen LogP contribution in [-0.4, -0.2) is 58.6 Å². The molecular weight excluding hydrogens is 458 g/mol. The Labute approximate surface area is 179 Å². The van der Waals surface area contributed by atoms with Crippen LogP contribution < -0.4 is 14.4 Å². The predicted molar refractivity (Wildman–Crippen MR) is 116 cm³/mol. The molecule has 29 heavy (non-hydrogen) atoms. The van der Waals surface area contributed by atoms with Gasteiger partial charge in [-0.1, -0.05) is 28.1 Å². The number of ether oxygens (including phenoxy) is 1. The van der Waals surface area contributed by atoms with Crippen LogP contribution in [0.5, 0.6) is 5.75 Å². The number of amides is 1. The van der Waals surface area contributed by atoms with E-state index in [4.69, 9.17) is 4.74 Å². The molecule has 0 saturated carbocycles. The number of para-hydroxylation sites is 2. The molecule has 1 aliphatic heterocycles. The van der Waals surface area contributed by atoms with Crippen molar-refractivity contribution in [2.75, 3.05) is 38.2 Å². The minimum atomic E-state index is -3.77. The van der Waals surface area contributed by atoms with Crippen molar-refractivity contribution in [1.29, 1.82) is 0 Å². The van der Waals surface area contributed by atoms with Gasteiger partial charge in [0.05, 0.1) is 23.7 Å². The lowest BCUT2D eigenvalue weighted by Crippen LogP contribution is -2.54. The normalized spacial score (nSPS) is 15.8. The van der Waals surface area contributed by atoms with Gasteiger partial charge < -0.3 is 14.5 Å². The number of benzene rings is 2. The number of hydrogen-bond donors (Lipinski definition) is 1. The van der Waals surface area contributed by atoms with Crippen LogP contribution in [-0.2, 0) is 14.8 Å². The molecule has 7 nitrogen and oxygen atoms in total. The molecule has 0 aromatic heterocycles. The SMILES string of the molecule is COc1ccccc1N1CCN(C(=O)C(C)NS(=O)(=O)c2ccc(Br)cc2)CC1. The topological polar surface area (TPSA) is 79.0 Å². The summed E-state index contributed by atoms with van der Waals surface area (Å²) in [7, 11) is -2.13. The number of carbonyl (C=O) groups is 1. The van der Waals surface area contributed by atoms with Gasteiger partial charge in [-0.3, -0.25) is 4.79 Å². The number of halogens is 1. The quantitative estimate of drug-likeness (QED) is 0.685. The monoisotopic (exact) mass is 481 g/mol. The minimum Gasteiger partial charge on any atom is -0.495 e. The van der Waals surface area contributed by atoms with E-state index < -0.39 is 16.1 Å². The Kier molecular flexibility index (Phi) is 6.81. The van der Waals surface area contributed by atoms with E-state index in [-0.39, 0.29) is 10.8 Å². The van der Waals surface area contributed by atoms with E-state index in [0.717, 1.165) is 15.9 Å². The molecule has 1 amide bonds. The molecule has 1 N–H and O–H groups in total. The molecule has 2 aromatic rings. The Morgan fingerprint density at radius 2 is 1.69 bits per heavy atom. The Balaban J connectivity index is 1.60. The molecule has 0 bridgehead atoms. The van der Waals surface area contributed by atoms with Crippen molar-refractivity contribution in [3.63, 3.8) is 0 Å². The second-order valence-electron chi connectivity index (χ2n) is 6.78. The van der Waals surface area contributed by atoms with E-state index in [2.05, 4.69) is 25.6 Å². The molecule has 9 heteroatoms. The number of methoxy groups -OCH3 is 1. The lowest BCUT2D eigenvalue weighted by atomic mass is 10.2. The summed E-state index contributed by atoms with van der Waals surface area (Å²) in [4.78, 5) is 16.8. The van der Waals surface area contributed by atoms with Crippen molar-refractivity contribution in [3.05, 3.63) is 53.0 Å². The average molecular weight is 482 g/mol. The molecule has 2 aromatic carbocycles. The number of nitrogens with zero attached hydrogens (tertiary/aromatic N) is 2. The van der Waals surface area contributed by atoms with Crippen LogP contribution in [0, 0.1) is 0 Å². The van der Waals surface area contributed by atoms with E-state index in [1.54, 1.807) is 31.1 Å². The van der Waals surface area contributed by atoms with Crippen LogP contribution in [0.4, 0.5) is 5.69 Å². The standard InChI is InChI=1S/C20H24BrN3O4S/c1-15(22-29(26,27)17-9-7-16(21)8-10-17)20(25)24-13-11-23(12-14-24)18-5-3-4-6-19(18)28-2/h3-10,15,22H,11-14H2,1-2H3. The lowest BCUT2D eigenvalue weighted by molar-refractivity contribution is -0.132. The lowest BCUT2D eigenvalue weighted by Gasteiger charge is -2.37. The number of piperazine rings is 1.